The zero-order valence-corrected chi connectivity index (χ0v) is 13.2. The lowest BCUT2D eigenvalue weighted by molar-refractivity contribution is -0.123. The Kier molecular flexibility index (Phi) is 6.98. The van der Waals surface area contributed by atoms with Crippen molar-refractivity contribution in [3.63, 3.8) is 0 Å². The Balaban J connectivity index is 2.36. The number of benzene rings is 1. The van der Waals surface area contributed by atoms with Crippen LogP contribution in [0.3, 0.4) is 0 Å². The second-order valence-corrected chi connectivity index (χ2v) is 5.55. The molecule has 0 saturated carbocycles. The van der Waals surface area contributed by atoms with E-state index in [1.165, 1.54) is 18.2 Å². The van der Waals surface area contributed by atoms with Gasteiger partial charge in [-0.25, -0.2) is 4.39 Å². The molecule has 2 N–H and O–H groups in total. The maximum absolute atomic E-state index is 13.4. The summed E-state index contributed by atoms with van der Waals surface area (Å²) in [5.41, 5.74) is -0.498. The maximum Gasteiger partial charge on any atom is 0.254 e. The van der Waals surface area contributed by atoms with E-state index in [1.807, 2.05) is 20.8 Å². The van der Waals surface area contributed by atoms with Crippen LogP contribution in [0.15, 0.2) is 24.3 Å². The van der Waals surface area contributed by atoms with Crippen LogP contribution in [0.4, 0.5) is 4.39 Å². The van der Waals surface area contributed by atoms with Crippen molar-refractivity contribution in [1.29, 1.82) is 0 Å². The topological polar surface area (TPSA) is 67.4 Å². The number of amides is 2. The predicted octanol–water partition coefficient (Wildman–Crippen LogP) is 1.88. The molecule has 0 spiro atoms. The number of hydrogen-bond donors (Lipinski definition) is 2. The molecule has 0 unspecified atom stereocenters. The first kappa shape index (κ1) is 18.1. The lowest BCUT2D eigenvalue weighted by Gasteiger charge is -2.25. The highest BCUT2D eigenvalue weighted by Gasteiger charge is 2.20. The molecule has 0 atom stereocenters. The molecule has 0 aromatic heterocycles. The van der Waals surface area contributed by atoms with E-state index in [9.17, 15) is 14.0 Å². The van der Waals surface area contributed by atoms with Crippen molar-refractivity contribution in [2.24, 2.45) is 0 Å². The third kappa shape index (κ3) is 6.22. The van der Waals surface area contributed by atoms with Gasteiger partial charge in [0.2, 0.25) is 5.91 Å². The first-order valence-corrected chi connectivity index (χ1v) is 7.27. The Labute approximate surface area is 130 Å². The van der Waals surface area contributed by atoms with Crippen LogP contribution in [0.25, 0.3) is 0 Å². The Morgan fingerprint density at radius 1 is 1.27 bits per heavy atom. The van der Waals surface area contributed by atoms with E-state index >= 15 is 0 Å². The number of carbonyl (C=O) groups is 2. The van der Waals surface area contributed by atoms with Gasteiger partial charge in [-0.1, -0.05) is 12.1 Å². The number of hydrogen-bond acceptors (Lipinski definition) is 3. The van der Waals surface area contributed by atoms with Crippen molar-refractivity contribution in [3.8, 4) is 0 Å². The summed E-state index contributed by atoms with van der Waals surface area (Å²) in [5.74, 6) is -1.31. The average Bonchev–Trinajstić information content (AvgIpc) is 2.45. The second kappa shape index (κ2) is 8.48. The smallest absolute Gasteiger partial charge is 0.254 e. The summed E-state index contributed by atoms with van der Waals surface area (Å²) in [4.78, 5) is 23.6. The first-order chi connectivity index (χ1) is 10.4. The number of nitrogens with one attached hydrogen (secondary N) is 2. The standard InChI is InChI=1S/C16H23FN2O3/c1-4-22-11-16(2,3)19-14(20)9-10-18-15(21)12-7-5-6-8-13(12)17/h5-8H,4,9-11H2,1-3H3,(H,18,21)(H,19,20). The Bertz CT molecular complexity index is 518. The second-order valence-electron chi connectivity index (χ2n) is 5.55. The van der Waals surface area contributed by atoms with Crippen LogP contribution < -0.4 is 10.6 Å². The quantitative estimate of drug-likeness (QED) is 0.770. The molecule has 22 heavy (non-hydrogen) atoms. The van der Waals surface area contributed by atoms with Gasteiger partial charge in [0.05, 0.1) is 17.7 Å². The highest BCUT2D eigenvalue weighted by atomic mass is 19.1. The van der Waals surface area contributed by atoms with Crippen LogP contribution in [0.5, 0.6) is 0 Å². The van der Waals surface area contributed by atoms with E-state index < -0.39 is 17.3 Å². The van der Waals surface area contributed by atoms with Gasteiger partial charge in [-0.2, -0.15) is 0 Å². The van der Waals surface area contributed by atoms with E-state index in [0.29, 0.717) is 13.2 Å². The Morgan fingerprint density at radius 2 is 1.95 bits per heavy atom. The van der Waals surface area contributed by atoms with Gasteiger partial charge in [0.1, 0.15) is 5.82 Å². The van der Waals surface area contributed by atoms with E-state index in [0.717, 1.165) is 0 Å². The number of carbonyl (C=O) groups excluding carboxylic acids is 2. The lowest BCUT2D eigenvalue weighted by atomic mass is 10.1. The van der Waals surface area contributed by atoms with E-state index in [-0.39, 0.29) is 24.4 Å². The SMILES string of the molecule is CCOCC(C)(C)NC(=O)CCNC(=O)c1ccccc1F. The summed E-state index contributed by atoms with van der Waals surface area (Å²) < 4.78 is 18.7. The molecule has 1 rings (SSSR count). The Morgan fingerprint density at radius 3 is 2.59 bits per heavy atom. The summed E-state index contributed by atoms with van der Waals surface area (Å²) in [6, 6.07) is 5.72. The van der Waals surface area contributed by atoms with E-state index in [1.54, 1.807) is 6.07 Å². The van der Waals surface area contributed by atoms with Crippen LogP contribution >= 0.6 is 0 Å². The largest absolute Gasteiger partial charge is 0.379 e. The molecule has 1 aromatic rings. The molecule has 0 aliphatic carbocycles. The van der Waals surface area contributed by atoms with Crippen molar-refractivity contribution in [1.82, 2.24) is 10.6 Å². The molecule has 0 saturated heterocycles. The van der Waals surface area contributed by atoms with Gasteiger partial charge in [0, 0.05) is 19.6 Å². The summed E-state index contributed by atoms with van der Waals surface area (Å²) >= 11 is 0. The van der Waals surface area contributed by atoms with Crippen LogP contribution in [-0.4, -0.2) is 37.1 Å². The molecule has 0 aliphatic rings. The van der Waals surface area contributed by atoms with Gasteiger partial charge in [0.15, 0.2) is 0 Å². The van der Waals surface area contributed by atoms with Gasteiger partial charge in [-0.15, -0.1) is 0 Å². The number of ether oxygens (including phenoxy) is 1. The van der Waals surface area contributed by atoms with Crippen molar-refractivity contribution >= 4 is 11.8 Å². The number of halogens is 1. The molecule has 2 amide bonds. The monoisotopic (exact) mass is 310 g/mol. The van der Waals surface area contributed by atoms with Crippen LogP contribution in [0.2, 0.25) is 0 Å². The third-order valence-corrected chi connectivity index (χ3v) is 2.90. The van der Waals surface area contributed by atoms with Crippen LogP contribution in [0.1, 0.15) is 37.6 Å². The predicted molar refractivity (Wildman–Crippen MR) is 82.1 cm³/mol. The summed E-state index contributed by atoms with van der Waals surface area (Å²) in [6.07, 6.45) is 0.121. The van der Waals surface area contributed by atoms with Gasteiger partial charge in [0.25, 0.3) is 5.91 Å². The summed E-state index contributed by atoms with van der Waals surface area (Å²) in [6.45, 7) is 6.74. The molecular formula is C16H23FN2O3. The van der Waals surface area contributed by atoms with E-state index in [2.05, 4.69) is 10.6 Å². The minimum Gasteiger partial charge on any atom is -0.379 e. The van der Waals surface area contributed by atoms with Gasteiger partial charge >= 0.3 is 0 Å². The molecule has 5 nitrogen and oxygen atoms in total. The van der Waals surface area contributed by atoms with Crippen LogP contribution in [0, 0.1) is 5.82 Å². The van der Waals surface area contributed by atoms with E-state index in [4.69, 9.17) is 4.74 Å². The van der Waals surface area contributed by atoms with Crippen molar-refractivity contribution in [2.45, 2.75) is 32.7 Å². The highest BCUT2D eigenvalue weighted by molar-refractivity contribution is 5.94. The van der Waals surface area contributed by atoms with Gasteiger partial charge < -0.3 is 15.4 Å². The van der Waals surface area contributed by atoms with Crippen molar-refractivity contribution in [3.05, 3.63) is 35.6 Å². The highest BCUT2D eigenvalue weighted by Crippen LogP contribution is 2.06. The van der Waals surface area contributed by atoms with Gasteiger partial charge in [-0.3, -0.25) is 9.59 Å². The fraction of sp³-hybridized carbons (Fsp3) is 0.500. The molecule has 0 radical (unpaired) electrons. The summed E-state index contributed by atoms with van der Waals surface area (Å²) in [5, 5.41) is 5.36. The normalized spacial score (nSPS) is 11.1. The maximum atomic E-state index is 13.4. The minimum atomic E-state index is -0.581. The molecule has 0 heterocycles. The molecule has 122 valence electrons. The first-order valence-electron chi connectivity index (χ1n) is 7.27. The minimum absolute atomic E-state index is 0.0282. The van der Waals surface area contributed by atoms with Crippen molar-refractivity contribution < 1.29 is 18.7 Å². The fourth-order valence-electron chi connectivity index (χ4n) is 1.86. The zero-order valence-electron chi connectivity index (χ0n) is 13.2. The van der Waals surface area contributed by atoms with Crippen LogP contribution in [-0.2, 0) is 9.53 Å². The lowest BCUT2D eigenvalue weighted by Crippen LogP contribution is -2.47. The fourth-order valence-corrected chi connectivity index (χ4v) is 1.86. The number of rotatable bonds is 8. The zero-order chi connectivity index (χ0) is 16.6. The molecule has 1 aromatic carbocycles. The Hall–Kier alpha value is -1.95. The van der Waals surface area contributed by atoms with Crippen molar-refractivity contribution in [2.75, 3.05) is 19.8 Å². The molecule has 0 bridgehead atoms. The average molecular weight is 310 g/mol. The molecular weight excluding hydrogens is 287 g/mol. The van der Waals surface area contributed by atoms with Gasteiger partial charge in [-0.05, 0) is 32.9 Å². The molecule has 0 aliphatic heterocycles. The third-order valence-electron chi connectivity index (χ3n) is 2.90. The summed E-state index contributed by atoms with van der Waals surface area (Å²) in [7, 11) is 0. The molecule has 0 fully saturated rings. The molecule has 6 heteroatoms.